The van der Waals surface area contributed by atoms with E-state index >= 15 is 0 Å². The maximum atomic E-state index is 12.1. The molecular weight excluding hydrogens is 304 g/mol. The second-order valence-electron chi connectivity index (χ2n) is 6.57. The molecule has 1 saturated carbocycles. The molecule has 130 valence electrons. The number of hydrogen-bond donors (Lipinski definition) is 3. The number of rotatable bonds is 6. The Morgan fingerprint density at radius 2 is 2.17 bits per heavy atom. The summed E-state index contributed by atoms with van der Waals surface area (Å²) in [6, 6.07) is 7.69. The number of aliphatic imine (C=N–C) groups is 1. The van der Waals surface area contributed by atoms with E-state index in [9.17, 15) is 4.79 Å². The van der Waals surface area contributed by atoms with E-state index < -0.39 is 0 Å². The second kappa shape index (κ2) is 8.15. The van der Waals surface area contributed by atoms with Crippen molar-refractivity contribution in [2.75, 3.05) is 18.5 Å². The van der Waals surface area contributed by atoms with Gasteiger partial charge in [-0.25, -0.2) is 4.99 Å². The maximum Gasteiger partial charge on any atom is 0.253 e. The van der Waals surface area contributed by atoms with Gasteiger partial charge in [0.2, 0.25) is 0 Å². The highest BCUT2D eigenvalue weighted by Gasteiger charge is 2.23. The Morgan fingerprint density at radius 1 is 1.29 bits per heavy atom. The average Bonchev–Trinajstić information content (AvgIpc) is 3.06. The summed E-state index contributed by atoms with van der Waals surface area (Å²) in [6.45, 7) is 2.07. The van der Waals surface area contributed by atoms with Crippen molar-refractivity contribution in [3.05, 3.63) is 29.8 Å². The van der Waals surface area contributed by atoms with Crippen LogP contribution in [0.3, 0.4) is 0 Å². The van der Waals surface area contributed by atoms with Crippen LogP contribution in [0.1, 0.15) is 37.7 Å². The molecule has 0 spiro atoms. The molecule has 2 fully saturated rings. The van der Waals surface area contributed by atoms with Gasteiger partial charge < -0.3 is 21.1 Å². The molecule has 3 rings (SSSR count). The lowest BCUT2D eigenvalue weighted by Gasteiger charge is -2.25. The molecule has 6 nitrogen and oxygen atoms in total. The van der Waals surface area contributed by atoms with Gasteiger partial charge >= 0.3 is 0 Å². The quantitative estimate of drug-likeness (QED) is 0.550. The summed E-state index contributed by atoms with van der Waals surface area (Å²) < 4.78 is 5.40. The summed E-state index contributed by atoms with van der Waals surface area (Å²) >= 11 is 0. The smallest absolute Gasteiger partial charge is 0.253 e. The first-order valence-corrected chi connectivity index (χ1v) is 8.76. The summed E-state index contributed by atoms with van der Waals surface area (Å²) in [6.07, 6.45) is 5.31. The molecule has 2 aliphatic rings. The van der Waals surface area contributed by atoms with Crippen LogP contribution in [0.2, 0.25) is 0 Å². The molecule has 1 aliphatic carbocycles. The van der Waals surface area contributed by atoms with Crippen LogP contribution < -0.4 is 16.4 Å². The summed E-state index contributed by atoms with van der Waals surface area (Å²) in [5, 5.41) is 6.09. The third-order valence-electron chi connectivity index (χ3n) is 4.65. The SMILES string of the molecule is NC(=NCc1cccc(NC(=O)C2CCCO2)c1)NCC1CCC1. The third-order valence-corrected chi connectivity index (χ3v) is 4.65. The minimum atomic E-state index is -0.321. The molecule has 1 aromatic carbocycles. The van der Waals surface area contributed by atoms with E-state index in [1.54, 1.807) is 0 Å². The van der Waals surface area contributed by atoms with E-state index in [1.807, 2.05) is 24.3 Å². The van der Waals surface area contributed by atoms with E-state index in [1.165, 1.54) is 19.3 Å². The molecule has 4 N–H and O–H groups in total. The summed E-state index contributed by atoms with van der Waals surface area (Å²) in [5.41, 5.74) is 7.68. The molecule has 6 heteroatoms. The number of guanidine groups is 1. The zero-order chi connectivity index (χ0) is 16.8. The average molecular weight is 330 g/mol. The largest absolute Gasteiger partial charge is 0.370 e. The lowest BCUT2D eigenvalue weighted by Crippen LogP contribution is -2.37. The minimum Gasteiger partial charge on any atom is -0.370 e. The Morgan fingerprint density at radius 3 is 2.88 bits per heavy atom. The molecule has 1 aliphatic heterocycles. The number of ether oxygens (including phenoxy) is 1. The Labute approximate surface area is 142 Å². The van der Waals surface area contributed by atoms with E-state index in [0.717, 1.165) is 36.6 Å². The molecule has 0 radical (unpaired) electrons. The van der Waals surface area contributed by atoms with Gasteiger partial charge in [0.05, 0.1) is 6.54 Å². The first-order chi connectivity index (χ1) is 11.7. The number of nitrogens with one attached hydrogen (secondary N) is 2. The standard InChI is InChI=1S/C18H26N4O2/c19-18(20-11-13-4-1-5-13)21-12-14-6-2-7-15(10-14)22-17(23)16-8-3-9-24-16/h2,6-7,10,13,16H,1,3-5,8-9,11-12H2,(H,22,23)(H3,19,20,21). The van der Waals surface area contributed by atoms with Crippen molar-refractivity contribution in [2.24, 2.45) is 16.6 Å². The van der Waals surface area contributed by atoms with Crippen LogP contribution in [0, 0.1) is 5.92 Å². The molecule has 1 atom stereocenters. The lowest BCUT2D eigenvalue weighted by molar-refractivity contribution is -0.124. The maximum absolute atomic E-state index is 12.1. The van der Waals surface area contributed by atoms with Crippen molar-refractivity contribution in [3.63, 3.8) is 0 Å². The number of carbonyl (C=O) groups excluding carboxylic acids is 1. The van der Waals surface area contributed by atoms with Crippen LogP contribution in [-0.2, 0) is 16.1 Å². The van der Waals surface area contributed by atoms with Crippen LogP contribution in [-0.4, -0.2) is 31.1 Å². The summed E-state index contributed by atoms with van der Waals surface area (Å²) in [4.78, 5) is 16.4. The topological polar surface area (TPSA) is 88.7 Å². The van der Waals surface area contributed by atoms with Gasteiger partial charge in [0.1, 0.15) is 6.10 Å². The monoisotopic (exact) mass is 330 g/mol. The van der Waals surface area contributed by atoms with Gasteiger partial charge in [0.25, 0.3) is 5.91 Å². The van der Waals surface area contributed by atoms with Gasteiger partial charge in [0, 0.05) is 18.8 Å². The molecule has 0 aromatic heterocycles. The zero-order valence-electron chi connectivity index (χ0n) is 14.0. The number of anilines is 1. The Bertz CT molecular complexity index is 592. The molecule has 1 aromatic rings. The molecule has 1 saturated heterocycles. The number of carbonyl (C=O) groups is 1. The lowest BCUT2D eigenvalue weighted by atomic mass is 9.85. The zero-order valence-corrected chi connectivity index (χ0v) is 14.0. The van der Waals surface area contributed by atoms with Gasteiger partial charge in [-0.15, -0.1) is 0 Å². The molecular formula is C18H26N4O2. The number of amides is 1. The van der Waals surface area contributed by atoms with Crippen LogP contribution in [0.15, 0.2) is 29.3 Å². The molecule has 1 heterocycles. The molecule has 1 unspecified atom stereocenters. The van der Waals surface area contributed by atoms with E-state index in [4.69, 9.17) is 10.5 Å². The number of hydrogen-bond acceptors (Lipinski definition) is 3. The fourth-order valence-electron chi connectivity index (χ4n) is 2.93. The van der Waals surface area contributed by atoms with Crippen LogP contribution >= 0.6 is 0 Å². The van der Waals surface area contributed by atoms with Crippen LogP contribution in [0.4, 0.5) is 5.69 Å². The van der Waals surface area contributed by atoms with Crippen molar-refractivity contribution in [2.45, 2.75) is 44.8 Å². The van der Waals surface area contributed by atoms with E-state index in [2.05, 4.69) is 15.6 Å². The van der Waals surface area contributed by atoms with Crippen molar-refractivity contribution in [3.8, 4) is 0 Å². The second-order valence-corrected chi connectivity index (χ2v) is 6.57. The summed E-state index contributed by atoms with van der Waals surface area (Å²) in [5.74, 6) is 1.15. The van der Waals surface area contributed by atoms with Gasteiger partial charge in [-0.05, 0) is 49.3 Å². The van der Waals surface area contributed by atoms with Crippen molar-refractivity contribution in [1.82, 2.24) is 5.32 Å². The summed E-state index contributed by atoms with van der Waals surface area (Å²) in [7, 11) is 0. The predicted molar refractivity (Wildman–Crippen MR) is 94.7 cm³/mol. The highest BCUT2D eigenvalue weighted by molar-refractivity contribution is 5.94. The van der Waals surface area contributed by atoms with Crippen LogP contribution in [0.25, 0.3) is 0 Å². The fourth-order valence-corrected chi connectivity index (χ4v) is 2.93. The first-order valence-electron chi connectivity index (χ1n) is 8.76. The van der Waals surface area contributed by atoms with Gasteiger partial charge in [0.15, 0.2) is 5.96 Å². The molecule has 1 amide bonds. The third kappa shape index (κ3) is 4.71. The fraction of sp³-hybridized carbons (Fsp3) is 0.556. The highest BCUT2D eigenvalue weighted by Crippen LogP contribution is 2.25. The molecule has 24 heavy (non-hydrogen) atoms. The van der Waals surface area contributed by atoms with Crippen molar-refractivity contribution >= 4 is 17.6 Å². The number of benzene rings is 1. The van der Waals surface area contributed by atoms with E-state index in [-0.39, 0.29) is 12.0 Å². The van der Waals surface area contributed by atoms with E-state index in [0.29, 0.717) is 19.1 Å². The normalized spacial score (nSPS) is 21.3. The van der Waals surface area contributed by atoms with Gasteiger partial charge in [-0.2, -0.15) is 0 Å². The van der Waals surface area contributed by atoms with Crippen molar-refractivity contribution in [1.29, 1.82) is 0 Å². The van der Waals surface area contributed by atoms with Crippen LogP contribution in [0.5, 0.6) is 0 Å². The first kappa shape index (κ1) is 16.8. The Kier molecular flexibility index (Phi) is 5.69. The number of nitrogens with two attached hydrogens (primary N) is 1. The Balaban J connectivity index is 1.49. The predicted octanol–water partition coefficient (Wildman–Crippen LogP) is 2.01. The Hall–Kier alpha value is -2.08. The minimum absolute atomic E-state index is 0.0742. The highest BCUT2D eigenvalue weighted by atomic mass is 16.5. The van der Waals surface area contributed by atoms with Gasteiger partial charge in [-0.1, -0.05) is 18.6 Å². The van der Waals surface area contributed by atoms with Gasteiger partial charge in [-0.3, -0.25) is 4.79 Å². The number of nitrogens with zero attached hydrogens (tertiary/aromatic N) is 1. The van der Waals surface area contributed by atoms with Crippen molar-refractivity contribution < 1.29 is 9.53 Å². The molecule has 0 bridgehead atoms.